The van der Waals surface area contributed by atoms with Crippen molar-refractivity contribution in [3.05, 3.63) is 28.2 Å². The van der Waals surface area contributed by atoms with Crippen molar-refractivity contribution in [2.24, 2.45) is 0 Å². The fraction of sp³-hybridized carbons (Fsp3) is 0.500. The summed E-state index contributed by atoms with van der Waals surface area (Å²) in [4.78, 5) is 14.5. The van der Waals surface area contributed by atoms with Crippen LogP contribution in [0.3, 0.4) is 0 Å². The predicted octanol–water partition coefficient (Wildman–Crippen LogP) is 3.44. The number of carbonyl (C=O) groups is 1. The summed E-state index contributed by atoms with van der Waals surface area (Å²) in [6.07, 6.45) is 4.45. The van der Waals surface area contributed by atoms with Crippen LogP contribution in [0.25, 0.3) is 0 Å². The molecule has 1 saturated carbocycles. The molecule has 0 bridgehead atoms. The van der Waals surface area contributed by atoms with Crippen molar-refractivity contribution >= 4 is 27.5 Å². The third-order valence-corrected chi connectivity index (χ3v) is 3.97. The van der Waals surface area contributed by atoms with Gasteiger partial charge in [-0.15, -0.1) is 0 Å². The number of halogens is 1. The molecule has 4 heteroatoms. The lowest BCUT2D eigenvalue weighted by molar-refractivity contribution is 0.0741. The number of unbranched alkanes of at least 4 members (excludes halogenated alkanes) is 1. The molecule has 1 aromatic carbocycles. The molecule has 0 unspecified atom stereocenters. The van der Waals surface area contributed by atoms with Crippen LogP contribution in [-0.4, -0.2) is 23.4 Å². The zero-order chi connectivity index (χ0) is 13.1. The van der Waals surface area contributed by atoms with E-state index in [2.05, 4.69) is 22.9 Å². The summed E-state index contributed by atoms with van der Waals surface area (Å²) in [5, 5.41) is 0. The molecule has 98 valence electrons. The number of carbonyl (C=O) groups excluding carboxylic acids is 1. The molecule has 1 aromatic rings. The van der Waals surface area contributed by atoms with Gasteiger partial charge in [0.05, 0.1) is 0 Å². The molecule has 3 nitrogen and oxygen atoms in total. The Hall–Kier alpha value is -1.03. The van der Waals surface area contributed by atoms with Crippen LogP contribution in [0.5, 0.6) is 0 Å². The van der Waals surface area contributed by atoms with Gasteiger partial charge in [-0.05, 0) is 53.4 Å². The number of hydrogen-bond donors (Lipinski definition) is 1. The van der Waals surface area contributed by atoms with Gasteiger partial charge in [0.2, 0.25) is 0 Å². The average Bonchev–Trinajstić information content (AvgIpc) is 3.17. The second-order valence-corrected chi connectivity index (χ2v) is 5.67. The summed E-state index contributed by atoms with van der Waals surface area (Å²) in [5.41, 5.74) is 7.14. The summed E-state index contributed by atoms with van der Waals surface area (Å²) < 4.78 is 0.839. The number of benzene rings is 1. The maximum atomic E-state index is 12.5. The molecule has 0 heterocycles. The molecular formula is C14H19BrN2O. The Bertz CT molecular complexity index is 443. The largest absolute Gasteiger partial charge is 0.398 e. The van der Waals surface area contributed by atoms with Gasteiger partial charge in [0.15, 0.2) is 0 Å². The van der Waals surface area contributed by atoms with Crippen LogP contribution in [0.2, 0.25) is 0 Å². The summed E-state index contributed by atoms with van der Waals surface area (Å²) >= 11 is 3.35. The molecule has 0 atom stereocenters. The lowest BCUT2D eigenvalue weighted by Gasteiger charge is -2.22. The van der Waals surface area contributed by atoms with E-state index in [0.29, 0.717) is 17.3 Å². The first kappa shape index (κ1) is 13.4. The molecule has 0 radical (unpaired) electrons. The fourth-order valence-corrected chi connectivity index (χ4v) is 2.25. The SMILES string of the molecule is CCCCN(C(=O)c1ccc(Br)c(N)c1)C1CC1. The normalized spacial score (nSPS) is 14.6. The van der Waals surface area contributed by atoms with Gasteiger partial charge in [-0.25, -0.2) is 0 Å². The van der Waals surface area contributed by atoms with E-state index < -0.39 is 0 Å². The fourth-order valence-electron chi connectivity index (χ4n) is 2.01. The van der Waals surface area contributed by atoms with Crippen molar-refractivity contribution in [3.63, 3.8) is 0 Å². The van der Waals surface area contributed by atoms with Crippen LogP contribution in [0.4, 0.5) is 5.69 Å². The number of nitrogens with zero attached hydrogens (tertiary/aromatic N) is 1. The molecule has 1 aliphatic carbocycles. The van der Waals surface area contributed by atoms with Crippen molar-refractivity contribution in [1.29, 1.82) is 0 Å². The Kier molecular flexibility index (Phi) is 4.27. The van der Waals surface area contributed by atoms with Crippen LogP contribution in [0.15, 0.2) is 22.7 Å². The van der Waals surface area contributed by atoms with Gasteiger partial charge in [-0.2, -0.15) is 0 Å². The predicted molar refractivity (Wildman–Crippen MR) is 77.5 cm³/mol. The first-order valence-corrected chi connectivity index (χ1v) is 7.28. The summed E-state index contributed by atoms with van der Waals surface area (Å²) in [6, 6.07) is 5.89. The molecule has 0 saturated heterocycles. The van der Waals surface area contributed by atoms with Crippen molar-refractivity contribution in [3.8, 4) is 0 Å². The Morgan fingerprint density at radius 3 is 2.78 bits per heavy atom. The van der Waals surface area contributed by atoms with Gasteiger partial charge in [0.25, 0.3) is 5.91 Å². The number of nitrogens with two attached hydrogens (primary N) is 1. The van der Waals surface area contributed by atoms with Gasteiger partial charge in [0.1, 0.15) is 0 Å². The lowest BCUT2D eigenvalue weighted by Crippen LogP contribution is -2.34. The van der Waals surface area contributed by atoms with Gasteiger partial charge in [0, 0.05) is 28.3 Å². The average molecular weight is 311 g/mol. The highest BCUT2D eigenvalue weighted by Crippen LogP contribution is 2.29. The van der Waals surface area contributed by atoms with Gasteiger partial charge in [-0.1, -0.05) is 13.3 Å². The van der Waals surface area contributed by atoms with E-state index in [-0.39, 0.29) is 5.91 Å². The molecule has 1 fully saturated rings. The minimum Gasteiger partial charge on any atom is -0.398 e. The Labute approximate surface area is 116 Å². The van der Waals surface area contributed by atoms with Crippen LogP contribution in [-0.2, 0) is 0 Å². The van der Waals surface area contributed by atoms with Crippen molar-refractivity contribution in [2.45, 2.75) is 38.6 Å². The summed E-state index contributed by atoms with van der Waals surface area (Å²) in [7, 11) is 0. The maximum absolute atomic E-state index is 12.5. The van der Waals surface area contributed by atoms with E-state index in [1.165, 1.54) is 0 Å². The van der Waals surface area contributed by atoms with Crippen LogP contribution in [0.1, 0.15) is 43.0 Å². The van der Waals surface area contributed by atoms with E-state index in [9.17, 15) is 4.79 Å². The Balaban J connectivity index is 2.13. The van der Waals surface area contributed by atoms with Crippen molar-refractivity contribution < 1.29 is 4.79 Å². The number of anilines is 1. The third-order valence-electron chi connectivity index (χ3n) is 3.24. The smallest absolute Gasteiger partial charge is 0.254 e. The third kappa shape index (κ3) is 3.05. The van der Waals surface area contributed by atoms with Gasteiger partial charge < -0.3 is 10.6 Å². The molecule has 1 amide bonds. The summed E-state index contributed by atoms with van der Waals surface area (Å²) in [6.45, 7) is 3.00. The maximum Gasteiger partial charge on any atom is 0.254 e. The molecule has 0 aromatic heterocycles. The number of amides is 1. The lowest BCUT2D eigenvalue weighted by atomic mass is 10.1. The van der Waals surface area contributed by atoms with E-state index in [1.54, 1.807) is 6.07 Å². The molecule has 1 aliphatic rings. The second kappa shape index (κ2) is 5.74. The van der Waals surface area contributed by atoms with E-state index >= 15 is 0 Å². The van der Waals surface area contributed by atoms with Gasteiger partial charge in [-0.3, -0.25) is 4.79 Å². The molecule has 2 N–H and O–H groups in total. The number of rotatable bonds is 5. The summed E-state index contributed by atoms with van der Waals surface area (Å²) in [5.74, 6) is 0.116. The second-order valence-electron chi connectivity index (χ2n) is 4.82. The van der Waals surface area contributed by atoms with E-state index in [0.717, 1.165) is 36.7 Å². The Morgan fingerprint density at radius 1 is 1.50 bits per heavy atom. The van der Waals surface area contributed by atoms with Crippen LogP contribution < -0.4 is 5.73 Å². The first-order valence-electron chi connectivity index (χ1n) is 6.49. The highest BCUT2D eigenvalue weighted by Gasteiger charge is 2.32. The van der Waals surface area contributed by atoms with Crippen LogP contribution >= 0.6 is 15.9 Å². The molecule has 0 spiro atoms. The highest BCUT2D eigenvalue weighted by atomic mass is 79.9. The van der Waals surface area contributed by atoms with Crippen molar-refractivity contribution in [2.75, 3.05) is 12.3 Å². The minimum atomic E-state index is 0.116. The number of hydrogen-bond acceptors (Lipinski definition) is 2. The monoisotopic (exact) mass is 310 g/mol. The van der Waals surface area contributed by atoms with Crippen molar-refractivity contribution in [1.82, 2.24) is 4.90 Å². The molecule has 18 heavy (non-hydrogen) atoms. The molecule has 0 aliphatic heterocycles. The van der Waals surface area contributed by atoms with Gasteiger partial charge >= 0.3 is 0 Å². The highest BCUT2D eigenvalue weighted by molar-refractivity contribution is 9.10. The topological polar surface area (TPSA) is 46.3 Å². The molecule has 2 rings (SSSR count). The number of nitrogen functional groups attached to an aromatic ring is 1. The first-order chi connectivity index (χ1) is 8.63. The zero-order valence-electron chi connectivity index (χ0n) is 10.7. The Morgan fingerprint density at radius 2 is 2.22 bits per heavy atom. The zero-order valence-corrected chi connectivity index (χ0v) is 12.2. The standard InChI is InChI=1S/C14H19BrN2O/c1-2-3-8-17(11-5-6-11)14(18)10-4-7-12(15)13(16)9-10/h4,7,9,11H,2-3,5-6,8,16H2,1H3. The molecular weight excluding hydrogens is 292 g/mol. The van der Waals surface area contributed by atoms with Crippen LogP contribution in [0, 0.1) is 0 Å². The minimum absolute atomic E-state index is 0.116. The quantitative estimate of drug-likeness (QED) is 0.847. The van der Waals surface area contributed by atoms with E-state index in [4.69, 9.17) is 5.73 Å². The van der Waals surface area contributed by atoms with E-state index in [1.807, 2.05) is 17.0 Å².